The number of rotatable bonds is 2. The molecule has 0 aliphatic heterocycles. The zero-order valence-corrected chi connectivity index (χ0v) is 10.5. The van der Waals surface area contributed by atoms with Crippen molar-refractivity contribution in [1.82, 2.24) is 9.97 Å². The third kappa shape index (κ3) is 2.60. The topological polar surface area (TPSA) is 89.0 Å². The molecule has 0 unspecified atom stereocenters. The summed E-state index contributed by atoms with van der Waals surface area (Å²) in [6.45, 7) is 1.69. The van der Waals surface area contributed by atoms with Crippen LogP contribution < -0.4 is 4.72 Å². The van der Waals surface area contributed by atoms with E-state index in [0.29, 0.717) is 29.8 Å². The van der Waals surface area contributed by atoms with Gasteiger partial charge in [-0.3, -0.25) is 9.52 Å². The number of fused-ring (bicyclic) bond motifs is 1. The first-order valence-electron chi connectivity index (χ1n) is 5.25. The molecule has 0 amide bonds. The van der Waals surface area contributed by atoms with E-state index in [-0.39, 0.29) is 11.7 Å². The first-order valence-corrected chi connectivity index (χ1v) is 7.14. The van der Waals surface area contributed by atoms with Gasteiger partial charge in [-0.2, -0.15) is 0 Å². The van der Waals surface area contributed by atoms with Gasteiger partial charge in [0.1, 0.15) is 0 Å². The molecule has 17 heavy (non-hydrogen) atoms. The van der Waals surface area contributed by atoms with Gasteiger partial charge in [0.2, 0.25) is 16.0 Å². The number of sulfonamides is 1. The maximum atomic E-state index is 11.7. The number of ketones is 1. The molecule has 0 spiro atoms. The molecule has 92 valence electrons. The highest BCUT2D eigenvalue weighted by Crippen LogP contribution is 2.23. The molecular weight excluding hydrogens is 242 g/mol. The van der Waals surface area contributed by atoms with E-state index >= 15 is 0 Å². The van der Waals surface area contributed by atoms with Crippen LogP contribution in [0.15, 0.2) is 0 Å². The van der Waals surface area contributed by atoms with Gasteiger partial charge in [-0.05, 0) is 19.8 Å². The molecule has 0 saturated carbocycles. The monoisotopic (exact) mass is 255 g/mol. The number of aryl methyl sites for hydroxylation is 2. The molecule has 1 aliphatic carbocycles. The van der Waals surface area contributed by atoms with Crippen molar-refractivity contribution in [3.8, 4) is 0 Å². The number of nitrogens with zero attached hydrogens (tertiary/aromatic N) is 2. The Bertz CT molecular complexity index is 581. The van der Waals surface area contributed by atoms with Crippen molar-refractivity contribution in [2.75, 3.05) is 11.0 Å². The maximum Gasteiger partial charge on any atom is 0.237 e. The van der Waals surface area contributed by atoms with Crippen LogP contribution in [0.25, 0.3) is 0 Å². The summed E-state index contributed by atoms with van der Waals surface area (Å²) >= 11 is 0. The van der Waals surface area contributed by atoms with E-state index in [4.69, 9.17) is 0 Å². The van der Waals surface area contributed by atoms with Gasteiger partial charge in [0.05, 0.1) is 23.2 Å². The SMILES string of the molecule is Cc1nc(NS(C)(=O)=O)nc2c1C(=O)CCC2. The Balaban J connectivity index is 2.47. The van der Waals surface area contributed by atoms with Crippen LogP contribution >= 0.6 is 0 Å². The minimum Gasteiger partial charge on any atom is -0.294 e. The average molecular weight is 255 g/mol. The first kappa shape index (κ1) is 12.0. The minimum absolute atomic E-state index is 0.0367. The lowest BCUT2D eigenvalue weighted by Crippen LogP contribution is -2.19. The van der Waals surface area contributed by atoms with Crippen LogP contribution in [0.4, 0.5) is 5.95 Å². The van der Waals surface area contributed by atoms with Crippen LogP contribution in [0.3, 0.4) is 0 Å². The Kier molecular flexibility index (Phi) is 2.86. The van der Waals surface area contributed by atoms with E-state index in [1.807, 2.05) is 0 Å². The molecule has 0 aromatic carbocycles. The lowest BCUT2D eigenvalue weighted by Gasteiger charge is -2.16. The standard InChI is InChI=1S/C10H13N3O3S/c1-6-9-7(4-3-5-8(9)14)12-10(11-6)13-17(2,15)16/h3-5H2,1-2H3,(H,11,12,13). The van der Waals surface area contributed by atoms with E-state index in [1.165, 1.54) is 0 Å². The number of carbonyl (C=O) groups excluding carboxylic acids is 1. The van der Waals surface area contributed by atoms with Crippen LogP contribution in [0.1, 0.15) is 34.6 Å². The maximum absolute atomic E-state index is 11.7. The second-order valence-corrected chi connectivity index (χ2v) is 5.85. The predicted molar refractivity (Wildman–Crippen MR) is 62.5 cm³/mol. The number of nitrogens with one attached hydrogen (secondary N) is 1. The summed E-state index contributed by atoms with van der Waals surface area (Å²) in [6.07, 6.45) is 2.98. The molecule has 0 fully saturated rings. The largest absolute Gasteiger partial charge is 0.294 e. The van der Waals surface area contributed by atoms with Crippen molar-refractivity contribution in [3.05, 3.63) is 17.0 Å². The number of Topliss-reactive ketones (excluding diaryl/α,β-unsaturated/α-hetero) is 1. The number of anilines is 1. The zero-order valence-electron chi connectivity index (χ0n) is 9.65. The van der Waals surface area contributed by atoms with Crippen molar-refractivity contribution in [1.29, 1.82) is 0 Å². The Hall–Kier alpha value is -1.50. The van der Waals surface area contributed by atoms with Crippen molar-refractivity contribution in [2.45, 2.75) is 26.2 Å². The Morgan fingerprint density at radius 1 is 1.24 bits per heavy atom. The summed E-state index contributed by atoms with van der Waals surface area (Å²) in [6, 6.07) is 0. The van der Waals surface area contributed by atoms with Crippen LogP contribution in [0, 0.1) is 6.92 Å². The molecule has 0 radical (unpaired) electrons. The van der Waals surface area contributed by atoms with Gasteiger partial charge in [-0.1, -0.05) is 0 Å². The van der Waals surface area contributed by atoms with Crippen molar-refractivity contribution < 1.29 is 13.2 Å². The van der Waals surface area contributed by atoms with Gasteiger partial charge in [-0.25, -0.2) is 18.4 Å². The lowest BCUT2D eigenvalue weighted by molar-refractivity contribution is 0.0970. The Labute approximate surface area is 99.5 Å². The quantitative estimate of drug-likeness (QED) is 0.839. The Morgan fingerprint density at radius 3 is 2.59 bits per heavy atom. The summed E-state index contributed by atoms with van der Waals surface area (Å²) in [7, 11) is -3.39. The van der Waals surface area contributed by atoms with E-state index in [9.17, 15) is 13.2 Å². The summed E-state index contributed by atoms with van der Waals surface area (Å²) in [4.78, 5) is 19.8. The lowest BCUT2D eigenvalue weighted by atomic mass is 9.94. The smallest absolute Gasteiger partial charge is 0.237 e. The highest BCUT2D eigenvalue weighted by molar-refractivity contribution is 7.91. The number of hydrogen-bond donors (Lipinski definition) is 1. The molecule has 6 nitrogen and oxygen atoms in total. The summed E-state index contributed by atoms with van der Waals surface area (Å²) in [5.41, 5.74) is 1.72. The number of carbonyl (C=O) groups is 1. The predicted octanol–water partition coefficient (Wildman–Crippen LogP) is 0.676. The van der Waals surface area contributed by atoms with Crippen LogP contribution in [0.5, 0.6) is 0 Å². The highest BCUT2D eigenvalue weighted by Gasteiger charge is 2.22. The molecule has 0 atom stereocenters. The fourth-order valence-electron chi connectivity index (χ4n) is 1.93. The van der Waals surface area contributed by atoms with Gasteiger partial charge in [0.25, 0.3) is 0 Å². The molecule has 7 heteroatoms. The average Bonchev–Trinajstić information content (AvgIpc) is 2.13. The van der Waals surface area contributed by atoms with Crippen LogP contribution in [-0.4, -0.2) is 30.4 Å². The highest BCUT2D eigenvalue weighted by atomic mass is 32.2. The third-order valence-corrected chi connectivity index (χ3v) is 3.09. The van der Waals surface area contributed by atoms with Gasteiger partial charge in [0.15, 0.2) is 5.78 Å². The summed E-state index contributed by atoms with van der Waals surface area (Å²) in [5, 5.41) is 0. The van der Waals surface area contributed by atoms with Gasteiger partial charge in [0, 0.05) is 6.42 Å². The second-order valence-electron chi connectivity index (χ2n) is 4.11. The normalized spacial score (nSPS) is 15.5. The van der Waals surface area contributed by atoms with Crippen molar-refractivity contribution in [2.24, 2.45) is 0 Å². The fourth-order valence-corrected chi connectivity index (χ4v) is 2.35. The molecule has 1 heterocycles. The molecule has 1 N–H and O–H groups in total. The second kappa shape index (κ2) is 4.06. The van der Waals surface area contributed by atoms with Gasteiger partial charge < -0.3 is 0 Å². The van der Waals surface area contributed by atoms with Gasteiger partial charge in [-0.15, -0.1) is 0 Å². The third-order valence-electron chi connectivity index (χ3n) is 2.54. The molecule has 0 saturated heterocycles. The minimum atomic E-state index is -3.39. The number of aromatic nitrogens is 2. The molecule has 2 rings (SSSR count). The summed E-state index contributed by atoms with van der Waals surface area (Å²) < 4.78 is 24.4. The van der Waals surface area contributed by atoms with E-state index in [1.54, 1.807) is 6.92 Å². The Morgan fingerprint density at radius 2 is 1.94 bits per heavy atom. The molecule has 1 aliphatic rings. The van der Waals surface area contributed by atoms with E-state index < -0.39 is 10.0 Å². The van der Waals surface area contributed by atoms with E-state index in [0.717, 1.165) is 12.7 Å². The molecule has 1 aromatic rings. The molecule has 0 bridgehead atoms. The van der Waals surface area contributed by atoms with Crippen molar-refractivity contribution >= 4 is 21.8 Å². The van der Waals surface area contributed by atoms with E-state index in [2.05, 4.69) is 14.7 Å². The first-order chi connectivity index (χ1) is 7.87. The molecular formula is C10H13N3O3S. The van der Waals surface area contributed by atoms with Gasteiger partial charge >= 0.3 is 0 Å². The van der Waals surface area contributed by atoms with Crippen LogP contribution in [-0.2, 0) is 16.4 Å². The zero-order chi connectivity index (χ0) is 12.6. The summed E-state index contributed by atoms with van der Waals surface area (Å²) in [5.74, 6) is 0.0769. The van der Waals surface area contributed by atoms with Crippen molar-refractivity contribution in [3.63, 3.8) is 0 Å². The molecule has 1 aromatic heterocycles. The number of hydrogen-bond acceptors (Lipinski definition) is 5. The fraction of sp³-hybridized carbons (Fsp3) is 0.500. The van der Waals surface area contributed by atoms with Crippen LogP contribution in [0.2, 0.25) is 0 Å².